The molecular formula is C18H19N5O2. The molecule has 7 heteroatoms. The van der Waals surface area contributed by atoms with E-state index < -0.39 is 0 Å². The van der Waals surface area contributed by atoms with E-state index in [2.05, 4.69) is 20.5 Å². The molecule has 1 fully saturated rings. The molecule has 0 unspecified atom stereocenters. The first-order chi connectivity index (χ1) is 12.3. The minimum absolute atomic E-state index is 0.144. The lowest BCUT2D eigenvalue weighted by Crippen LogP contribution is -2.27. The van der Waals surface area contributed by atoms with Crippen molar-refractivity contribution in [3.05, 3.63) is 54.1 Å². The van der Waals surface area contributed by atoms with Gasteiger partial charge in [-0.1, -0.05) is 6.07 Å². The number of rotatable bonds is 6. The van der Waals surface area contributed by atoms with Crippen molar-refractivity contribution in [2.24, 2.45) is 0 Å². The highest BCUT2D eigenvalue weighted by molar-refractivity contribution is 5.94. The first-order valence-electron chi connectivity index (χ1n) is 8.49. The van der Waals surface area contributed by atoms with E-state index in [1.807, 2.05) is 28.8 Å². The van der Waals surface area contributed by atoms with Crippen LogP contribution in [-0.4, -0.2) is 38.1 Å². The second-order valence-electron chi connectivity index (χ2n) is 6.10. The molecule has 0 radical (unpaired) electrons. The van der Waals surface area contributed by atoms with Gasteiger partial charge in [-0.15, -0.1) is 10.2 Å². The Morgan fingerprint density at radius 1 is 1.28 bits per heavy atom. The van der Waals surface area contributed by atoms with E-state index in [-0.39, 0.29) is 12.0 Å². The number of amides is 1. The third kappa shape index (κ3) is 3.45. The summed E-state index contributed by atoms with van der Waals surface area (Å²) in [7, 11) is 0. The molecule has 0 bridgehead atoms. The predicted octanol–water partition coefficient (Wildman–Crippen LogP) is 2.03. The van der Waals surface area contributed by atoms with Crippen molar-refractivity contribution < 1.29 is 9.53 Å². The van der Waals surface area contributed by atoms with Crippen molar-refractivity contribution in [1.29, 1.82) is 0 Å². The van der Waals surface area contributed by atoms with Gasteiger partial charge in [-0.2, -0.15) is 0 Å². The van der Waals surface area contributed by atoms with Crippen LogP contribution in [0.2, 0.25) is 0 Å². The lowest BCUT2D eigenvalue weighted by atomic mass is 9.96. The average molecular weight is 337 g/mol. The smallest absolute Gasteiger partial charge is 0.251 e. The molecule has 25 heavy (non-hydrogen) atoms. The van der Waals surface area contributed by atoms with E-state index in [1.165, 1.54) is 6.42 Å². The highest BCUT2D eigenvalue weighted by Gasteiger charge is 2.20. The zero-order valence-corrected chi connectivity index (χ0v) is 13.8. The van der Waals surface area contributed by atoms with Crippen molar-refractivity contribution in [3.63, 3.8) is 0 Å². The van der Waals surface area contributed by atoms with Crippen LogP contribution in [0.4, 0.5) is 0 Å². The zero-order chi connectivity index (χ0) is 17.1. The number of aromatic nitrogens is 4. The van der Waals surface area contributed by atoms with Crippen LogP contribution in [-0.2, 0) is 6.42 Å². The van der Waals surface area contributed by atoms with Gasteiger partial charge in [-0.25, -0.2) is 4.98 Å². The van der Waals surface area contributed by atoms with Gasteiger partial charge < -0.3 is 10.1 Å². The number of pyridine rings is 2. The first-order valence-corrected chi connectivity index (χ1v) is 8.49. The largest absolute Gasteiger partial charge is 0.474 e. The van der Waals surface area contributed by atoms with Crippen LogP contribution >= 0.6 is 0 Å². The number of carbonyl (C=O) groups excluding carboxylic acids is 1. The Balaban J connectivity index is 1.35. The minimum atomic E-state index is -0.144. The molecule has 3 heterocycles. The molecule has 3 aromatic rings. The molecule has 128 valence electrons. The first kappa shape index (κ1) is 15.6. The number of nitrogens with one attached hydrogen (secondary N) is 1. The molecule has 0 saturated heterocycles. The standard InChI is InChI=1S/C18H19N5O2/c24-18(13-7-9-19-17(12-13)25-14-4-3-5-14)20-10-8-16-22-21-15-6-1-2-11-23(15)16/h1-2,6-7,9,11-12,14H,3-5,8,10H2,(H,20,24). The van der Waals surface area contributed by atoms with Crippen LogP contribution < -0.4 is 10.1 Å². The lowest BCUT2D eigenvalue weighted by Gasteiger charge is -2.25. The number of fused-ring (bicyclic) bond motifs is 1. The number of nitrogens with zero attached hydrogens (tertiary/aromatic N) is 4. The summed E-state index contributed by atoms with van der Waals surface area (Å²) < 4.78 is 7.66. The Kier molecular flexibility index (Phi) is 4.28. The third-order valence-electron chi connectivity index (χ3n) is 4.36. The Hall–Kier alpha value is -2.96. The number of carbonyl (C=O) groups is 1. The van der Waals surface area contributed by atoms with E-state index in [0.29, 0.717) is 24.4 Å². The Labute approximate surface area is 145 Å². The average Bonchev–Trinajstić information content (AvgIpc) is 3.02. The summed E-state index contributed by atoms with van der Waals surface area (Å²) in [5, 5.41) is 11.2. The molecule has 1 aliphatic carbocycles. The number of hydrogen-bond donors (Lipinski definition) is 1. The van der Waals surface area contributed by atoms with E-state index in [9.17, 15) is 4.79 Å². The molecular weight excluding hydrogens is 318 g/mol. The van der Waals surface area contributed by atoms with Crippen molar-refractivity contribution in [2.45, 2.75) is 31.8 Å². The molecule has 1 aliphatic rings. The van der Waals surface area contributed by atoms with Crippen LogP contribution in [0.3, 0.4) is 0 Å². The second-order valence-corrected chi connectivity index (χ2v) is 6.10. The highest BCUT2D eigenvalue weighted by Crippen LogP contribution is 2.24. The highest BCUT2D eigenvalue weighted by atomic mass is 16.5. The summed E-state index contributed by atoms with van der Waals surface area (Å²) in [6.07, 6.45) is 7.69. The normalized spacial score (nSPS) is 14.2. The summed E-state index contributed by atoms with van der Waals surface area (Å²) in [5.74, 6) is 1.19. The van der Waals surface area contributed by atoms with Gasteiger partial charge in [0, 0.05) is 37.0 Å². The maximum absolute atomic E-state index is 12.3. The quantitative estimate of drug-likeness (QED) is 0.744. The van der Waals surface area contributed by atoms with Gasteiger partial charge in [0.15, 0.2) is 5.65 Å². The van der Waals surface area contributed by atoms with Crippen LogP contribution in [0, 0.1) is 0 Å². The SMILES string of the molecule is O=C(NCCc1nnc2ccccn12)c1ccnc(OC2CCC2)c1. The fourth-order valence-electron chi connectivity index (χ4n) is 2.73. The Morgan fingerprint density at radius 2 is 2.20 bits per heavy atom. The molecule has 0 atom stereocenters. The summed E-state index contributed by atoms with van der Waals surface area (Å²) in [5.41, 5.74) is 1.35. The van der Waals surface area contributed by atoms with Gasteiger partial charge in [-0.3, -0.25) is 9.20 Å². The molecule has 0 spiro atoms. The van der Waals surface area contributed by atoms with Crippen molar-refractivity contribution in [1.82, 2.24) is 24.9 Å². The zero-order valence-electron chi connectivity index (χ0n) is 13.8. The number of ether oxygens (including phenoxy) is 1. The van der Waals surface area contributed by atoms with Gasteiger partial charge >= 0.3 is 0 Å². The molecule has 1 saturated carbocycles. The molecule has 1 amide bonds. The van der Waals surface area contributed by atoms with Crippen molar-refractivity contribution in [2.75, 3.05) is 6.54 Å². The predicted molar refractivity (Wildman–Crippen MR) is 91.5 cm³/mol. The minimum Gasteiger partial charge on any atom is -0.474 e. The Bertz CT molecular complexity index is 888. The maximum Gasteiger partial charge on any atom is 0.251 e. The molecule has 3 aromatic heterocycles. The fourth-order valence-corrected chi connectivity index (χ4v) is 2.73. The second kappa shape index (κ2) is 6.88. The molecule has 0 aliphatic heterocycles. The summed E-state index contributed by atoms with van der Waals surface area (Å²) in [4.78, 5) is 16.5. The van der Waals surface area contributed by atoms with Crippen molar-refractivity contribution in [3.8, 4) is 5.88 Å². The molecule has 0 aromatic carbocycles. The molecule has 7 nitrogen and oxygen atoms in total. The fraction of sp³-hybridized carbons (Fsp3) is 0.333. The van der Waals surface area contributed by atoms with Gasteiger partial charge in [0.2, 0.25) is 5.88 Å². The van der Waals surface area contributed by atoms with Crippen LogP contribution in [0.1, 0.15) is 35.4 Å². The van der Waals surface area contributed by atoms with E-state index in [0.717, 1.165) is 24.3 Å². The van der Waals surface area contributed by atoms with Gasteiger partial charge in [0.1, 0.15) is 11.9 Å². The maximum atomic E-state index is 12.3. The third-order valence-corrected chi connectivity index (χ3v) is 4.36. The van der Waals surface area contributed by atoms with E-state index >= 15 is 0 Å². The van der Waals surface area contributed by atoms with E-state index in [4.69, 9.17) is 4.74 Å². The summed E-state index contributed by atoms with van der Waals surface area (Å²) >= 11 is 0. The van der Waals surface area contributed by atoms with Gasteiger partial charge in [0.25, 0.3) is 5.91 Å². The molecule has 1 N–H and O–H groups in total. The van der Waals surface area contributed by atoms with Crippen LogP contribution in [0.25, 0.3) is 5.65 Å². The van der Waals surface area contributed by atoms with Crippen LogP contribution in [0.5, 0.6) is 5.88 Å². The van der Waals surface area contributed by atoms with Crippen LogP contribution in [0.15, 0.2) is 42.7 Å². The lowest BCUT2D eigenvalue weighted by molar-refractivity contribution is 0.0949. The monoisotopic (exact) mass is 337 g/mol. The van der Waals surface area contributed by atoms with E-state index in [1.54, 1.807) is 18.3 Å². The Morgan fingerprint density at radius 3 is 3.04 bits per heavy atom. The van der Waals surface area contributed by atoms with Gasteiger partial charge in [-0.05, 0) is 37.5 Å². The summed E-state index contributed by atoms with van der Waals surface area (Å²) in [6.45, 7) is 0.482. The topological polar surface area (TPSA) is 81.4 Å². The summed E-state index contributed by atoms with van der Waals surface area (Å²) in [6, 6.07) is 9.13. The number of hydrogen-bond acceptors (Lipinski definition) is 5. The van der Waals surface area contributed by atoms with Crippen molar-refractivity contribution >= 4 is 11.6 Å². The molecule has 4 rings (SSSR count). The van der Waals surface area contributed by atoms with Gasteiger partial charge in [0.05, 0.1) is 0 Å².